The molecule has 96 valence electrons. The summed E-state index contributed by atoms with van der Waals surface area (Å²) in [5.74, 6) is 0.0545. The second kappa shape index (κ2) is 5.16. The van der Waals surface area contributed by atoms with Crippen LogP contribution in [0.4, 0.5) is 5.69 Å². The Morgan fingerprint density at radius 3 is 2.47 bits per heavy atom. The Morgan fingerprint density at radius 2 is 1.94 bits per heavy atom. The molecule has 0 aliphatic heterocycles. The number of anilines is 1. The lowest BCUT2D eigenvalue weighted by atomic mass is 10.0. The Bertz CT molecular complexity index is 509. The van der Waals surface area contributed by atoms with Crippen molar-refractivity contribution < 1.29 is 8.42 Å². The average Bonchev–Trinajstić information content (AvgIpc) is 2.06. The molecule has 0 aliphatic rings. The molecule has 3 nitrogen and oxygen atoms in total. The number of sulfonamides is 1. The lowest BCUT2D eigenvalue weighted by molar-refractivity contribution is 0.463. The van der Waals surface area contributed by atoms with E-state index in [1.54, 1.807) is 18.2 Å². The van der Waals surface area contributed by atoms with E-state index in [0.717, 1.165) is 0 Å². The van der Waals surface area contributed by atoms with Crippen molar-refractivity contribution in [3.63, 3.8) is 0 Å². The molecule has 0 aliphatic carbocycles. The first-order valence-corrected chi connectivity index (χ1v) is 7.87. The fraction of sp³-hybridized carbons (Fsp3) is 0.455. The molecule has 1 N–H and O–H groups in total. The number of hydrogen-bond acceptors (Lipinski definition) is 2. The van der Waals surface area contributed by atoms with E-state index in [1.165, 1.54) is 0 Å². The summed E-state index contributed by atoms with van der Waals surface area (Å²) in [6.07, 6.45) is 0. The number of halogens is 2. The number of hydrogen-bond donors (Lipinski definition) is 1. The lowest BCUT2D eigenvalue weighted by Crippen LogP contribution is -2.26. The number of nitrogens with one attached hydrogen (secondary N) is 1. The molecular weight excluding hydrogens is 326 g/mol. The first-order valence-electron chi connectivity index (χ1n) is 5.05. The van der Waals surface area contributed by atoms with Crippen molar-refractivity contribution >= 4 is 43.2 Å². The summed E-state index contributed by atoms with van der Waals surface area (Å²) >= 11 is 9.10. The summed E-state index contributed by atoms with van der Waals surface area (Å²) in [6.45, 7) is 5.62. The van der Waals surface area contributed by atoms with Gasteiger partial charge in [0.1, 0.15) is 0 Å². The molecule has 1 aromatic carbocycles. The van der Waals surface area contributed by atoms with Gasteiger partial charge in [0.15, 0.2) is 0 Å². The standard InChI is InChI=1S/C11H15BrClNO2S/c1-11(2,3)7-17(15,16)14-10-6-8(13)4-5-9(10)12/h4-6,14H,7H2,1-3H3. The maximum atomic E-state index is 11.9. The van der Waals surface area contributed by atoms with Crippen LogP contribution in [0.5, 0.6) is 0 Å². The van der Waals surface area contributed by atoms with Crippen LogP contribution in [0.25, 0.3) is 0 Å². The van der Waals surface area contributed by atoms with Gasteiger partial charge >= 0.3 is 0 Å². The van der Waals surface area contributed by atoms with Gasteiger partial charge in [0.25, 0.3) is 0 Å². The second-order valence-electron chi connectivity index (χ2n) is 5.05. The van der Waals surface area contributed by atoms with E-state index < -0.39 is 10.0 Å². The van der Waals surface area contributed by atoms with Crippen LogP contribution in [0, 0.1) is 5.41 Å². The van der Waals surface area contributed by atoms with Crippen molar-refractivity contribution in [2.75, 3.05) is 10.5 Å². The minimum atomic E-state index is -3.37. The molecule has 0 radical (unpaired) electrons. The highest BCUT2D eigenvalue weighted by Gasteiger charge is 2.22. The highest BCUT2D eigenvalue weighted by Crippen LogP contribution is 2.27. The van der Waals surface area contributed by atoms with Gasteiger partial charge in [-0.05, 0) is 39.5 Å². The monoisotopic (exact) mass is 339 g/mol. The van der Waals surface area contributed by atoms with Gasteiger partial charge in [0, 0.05) is 9.50 Å². The van der Waals surface area contributed by atoms with Crippen LogP contribution in [-0.2, 0) is 10.0 Å². The summed E-state index contributed by atoms with van der Waals surface area (Å²) in [4.78, 5) is 0. The highest BCUT2D eigenvalue weighted by molar-refractivity contribution is 9.10. The van der Waals surface area contributed by atoms with Crippen LogP contribution < -0.4 is 4.72 Å². The van der Waals surface area contributed by atoms with E-state index in [0.29, 0.717) is 15.2 Å². The van der Waals surface area contributed by atoms with Crippen molar-refractivity contribution in [1.82, 2.24) is 0 Å². The zero-order chi connectivity index (χ0) is 13.3. The molecule has 0 aromatic heterocycles. The average molecular weight is 341 g/mol. The molecule has 0 atom stereocenters. The zero-order valence-corrected chi connectivity index (χ0v) is 13.1. The molecule has 0 amide bonds. The van der Waals surface area contributed by atoms with Crippen LogP contribution >= 0.6 is 27.5 Å². The first kappa shape index (κ1) is 14.8. The first-order chi connectivity index (χ1) is 7.59. The fourth-order valence-electron chi connectivity index (χ4n) is 1.35. The largest absolute Gasteiger partial charge is 0.282 e. The minimum absolute atomic E-state index is 0.0545. The summed E-state index contributed by atoms with van der Waals surface area (Å²) in [5, 5.41) is 0.488. The van der Waals surface area contributed by atoms with E-state index in [4.69, 9.17) is 11.6 Å². The normalized spacial score (nSPS) is 12.5. The molecule has 1 rings (SSSR count). The third-order valence-electron chi connectivity index (χ3n) is 1.82. The topological polar surface area (TPSA) is 46.2 Å². The third-order valence-corrected chi connectivity index (χ3v) is 4.52. The van der Waals surface area contributed by atoms with Crippen molar-refractivity contribution in [3.8, 4) is 0 Å². The van der Waals surface area contributed by atoms with Crippen LogP contribution in [0.1, 0.15) is 20.8 Å². The molecule has 6 heteroatoms. The Morgan fingerprint density at radius 1 is 1.35 bits per heavy atom. The summed E-state index contributed by atoms with van der Waals surface area (Å²) in [7, 11) is -3.37. The van der Waals surface area contributed by atoms with Crippen LogP contribution in [0.3, 0.4) is 0 Å². The predicted molar refractivity (Wildman–Crippen MR) is 76.0 cm³/mol. The minimum Gasteiger partial charge on any atom is -0.282 e. The molecule has 17 heavy (non-hydrogen) atoms. The van der Waals surface area contributed by atoms with Gasteiger partial charge in [0.05, 0.1) is 11.4 Å². The van der Waals surface area contributed by atoms with Crippen molar-refractivity contribution in [2.24, 2.45) is 5.41 Å². The molecule has 1 aromatic rings. The van der Waals surface area contributed by atoms with Crippen molar-refractivity contribution in [2.45, 2.75) is 20.8 Å². The van der Waals surface area contributed by atoms with Crippen LogP contribution in [-0.4, -0.2) is 14.2 Å². The highest BCUT2D eigenvalue weighted by atomic mass is 79.9. The van der Waals surface area contributed by atoms with Gasteiger partial charge in [-0.15, -0.1) is 0 Å². The molecule has 0 heterocycles. The SMILES string of the molecule is CC(C)(C)CS(=O)(=O)Nc1cc(Cl)ccc1Br. The summed E-state index contributed by atoms with van der Waals surface area (Å²) in [6, 6.07) is 4.97. The molecule has 0 bridgehead atoms. The van der Waals surface area contributed by atoms with Gasteiger partial charge in [-0.25, -0.2) is 8.42 Å². The van der Waals surface area contributed by atoms with E-state index in [9.17, 15) is 8.42 Å². The van der Waals surface area contributed by atoms with Gasteiger partial charge in [-0.3, -0.25) is 4.72 Å². The molecular formula is C11H15BrClNO2S. The zero-order valence-electron chi connectivity index (χ0n) is 9.92. The van der Waals surface area contributed by atoms with Gasteiger partial charge in [-0.2, -0.15) is 0 Å². The van der Waals surface area contributed by atoms with E-state index >= 15 is 0 Å². The Labute approximate surface area is 116 Å². The van der Waals surface area contributed by atoms with Gasteiger partial charge in [0.2, 0.25) is 10.0 Å². The van der Waals surface area contributed by atoms with Crippen molar-refractivity contribution in [3.05, 3.63) is 27.7 Å². The van der Waals surface area contributed by atoms with Crippen LogP contribution in [0.2, 0.25) is 5.02 Å². The van der Waals surface area contributed by atoms with Gasteiger partial charge < -0.3 is 0 Å². The fourth-order valence-corrected chi connectivity index (χ4v) is 3.71. The maximum Gasteiger partial charge on any atom is 0.233 e. The van der Waals surface area contributed by atoms with E-state index in [1.807, 2.05) is 20.8 Å². The lowest BCUT2D eigenvalue weighted by Gasteiger charge is -2.19. The molecule has 0 spiro atoms. The quantitative estimate of drug-likeness (QED) is 0.907. The van der Waals surface area contributed by atoms with E-state index in [2.05, 4.69) is 20.7 Å². The molecule has 0 saturated carbocycles. The second-order valence-corrected chi connectivity index (χ2v) is 8.06. The Kier molecular flexibility index (Phi) is 4.49. The van der Waals surface area contributed by atoms with Crippen molar-refractivity contribution in [1.29, 1.82) is 0 Å². The van der Waals surface area contributed by atoms with Crippen LogP contribution in [0.15, 0.2) is 22.7 Å². The Hall–Kier alpha value is -0.260. The van der Waals surface area contributed by atoms with Gasteiger partial charge in [-0.1, -0.05) is 32.4 Å². The predicted octanol–water partition coefficient (Wildman–Crippen LogP) is 3.89. The molecule has 0 fully saturated rings. The molecule has 0 unspecified atom stereocenters. The maximum absolute atomic E-state index is 11.9. The smallest absolute Gasteiger partial charge is 0.233 e. The number of rotatable bonds is 3. The summed E-state index contributed by atoms with van der Waals surface area (Å²) < 4.78 is 27.0. The Balaban J connectivity index is 2.94. The van der Waals surface area contributed by atoms with E-state index in [-0.39, 0.29) is 11.2 Å². The number of benzene rings is 1. The summed E-state index contributed by atoms with van der Waals surface area (Å²) in [5.41, 5.74) is 0.165. The third kappa shape index (κ3) is 5.27. The molecule has 0 saturated heterocycles.